The van der Waals surface area contributed by atoms with Crippen LogP contribution >= 0.6 is 0 Å². The van der Waals surface area contributed by atoms with Gasteiger partial charge < -0.3 is 5.73 Å². The maximum atomic E-state index is 5.98. The van der Waals surface area contributed by atoms with Crippen LogP contribution in [0.15, 0.2) is 24.3 Å². The number of nitrogens with zero attached hydrogens (tertiary/aromatic N) is 4. The Hall–Kier alpha value is -2.43. The third-order valence-corrected chi connectivity index (χ3v) is 3.40. The third kappa shape index (κ3) is 1.66. The number of benzene rings is 1. The summed E-state index contributed by atoms with van der Waals surface area (Å²) in [6.07, 6.45) is 0. The molecule has 0 radical (unpaired) electrons. The van der Waals surface area contributed by atoms with Gasteiger partial charge in [-0.2, -0.15) is 10.2 Å². The first-order valence-electron chi connectivity index (χ1n) is 6.13. The second-order valence-corrected chi connectivity index (χ2v) is 4.65. The van der Waals surface area contributed by atoms with Crippen LogP contribution in [0.2, 0.25) is 0 Å². The summed E-state index contributed by atoms with van der Waals surface area (Å²) in [5, 5.41) is 15.1. The lowest BCUT2D eigenvalue weighted by Gasteiger charge is -2.08. The van der Waals surface area contributed by atoms with E-state index in [0.29, 0.717) is 5.69 Å². The molecule has 2 aromatic heterocycles. The van der Waals surface area contributed by atoms with Gasteiger partial charge in [0.05, 0.1) is 22.8 Å². The normalized spacial score (nSPS) is 11.1. The van der Waals surface area contributed by atoms with Crippen molar-refractivity contribution in [2.75, 3.05) is 5.73 Å². The van der Waals surface area contributed by atoms with E-state index in [4.69, 9.17) is 5.73 Å². The van der Waals surface area contributed by atoms with Crippen molar-refractivity contribution in [2.45, 2.75) is 20.8 Å². The van der Waals surface area contributed by atoms with Crippen LogP contribution in [-0.4, -0.2) is 20.0 Å². The van der Waals surface area contributed by atoms with Gasteiger partial charge in [0, 0.05) is 10.8 Å². The highest BCUT2D eigenvalue weighted by atomic mass is 15.4. The molecule has 3 rings (SSSR count). The predicted molar refractivity (Wildman–Crippen MR) is 75.3 cm³/mol. The molecule has 0 fully saturated rings. The Labute approximate surface area is 111 Å². The summed E-state index contributed by atoms with van der Waals surface area (Å²) < 4.78 is 1.76. The van der Waals surface area contributed by atoms with Gasteiger partial charge in [0.25, 0.3) is 0 Å². The van der Waals surface area contributed by atoms with E-state index in [1.807, 2.05) is 45.0 Å². The van der Waals surface area contributed by atoms with Gasteiger partial charge >= 0.3 is 0 Å². The molecule has 5 nitrogen and oxygen atoms in total. The van der Waals surface area contributed by atoms with Gasteiger partial charge in [0.15, 0.2) is 5.82 Å². The molecule has 96 valence electrons. The number of hydrogen-bond acceptors (Lipinski definition) is 4. The SMILES string of the molecule is Cc1nn(-c2nnc(C)c3ccccc23)c(C)c1N. The number of aryl methyl sites for hydroxylation is 2. The summed E-state index contributed by atoms with van der Waals surface area (Å²) >= 11 is 0. The number of nitrogens with two attached hydrogens (primary N) is 1. The van der Waals surface area contributed by atoms with Gasteiger partial charge in [-0.25, -0.2) is 4.68 Å². The lowest BCUT2D eigenvalue weighted by molar-refractivity contribution is 0.787. The highest BCUT2D eigenvalue weighted by Crippen LogP contribution is 2.25. The van der Waals surface area contributed by atoms with Gasteiger partial charge in [-0.1, -0.05) is 24.3 Å². The lowest BCUT2D eigenvalue weighted by Crippen LogP contribution is -2.05. The Morgan fingerprint density at radius 2 is 1.63 bits per heavy atom. The molecule has 2 N–H and O–H groups in total. The minimum absolute atomic E-state index is 0.700. The Bertz CT molecular complexity index is 773. The van der Waals surface area contributed by atoms with Crippen molar-refractivity contribution >= 4 is 16.5 Å². The fourth-order valence-electron chi connectivity index (χ4n) is 2.24. The summed E-state index contributed by atoms with van der Waals surface area (Å²) in [5.41, 5.74) is 9.29. The largest absolute Gasteiger partial charge is 0.396 e. The summed E-state index contributed by atoms with van der Waals surface area (Å²) in [7, 11) is 0. The monoisotopic (exact) mass is 253 g/mol. The minimum atomic E-state index is 0.700. The van der Waals surface area contributed by atoms with E-state index < -0.39 is 0 Å². The van der Waals surface area contributed by atoms with Crippen molar-refractivity contribution in [1.82, 2.24) is 20.0 Å². The molecule has 0 saturated heterocycles. The van der Waals surface area contributed by atoms with Crippen LogP contribution in [-0.2, 0) is 0 Å². The van der Waals surface area contributed by atoms with Crippen LogP contribution in [0.5, 0.6) is 0 Å². The van der Waals surface area contributed by atoms with Crippen molar-refractivity contribution in [3.05, 3.63) is 41.3 Å². The van der Waals surface area contributed by atoms with Crippen molar-refractivity contribution < 1.29 is 0 Å². The molecule has 0 aliphatic rings. The first kappa shape index (κ1) is 11.6. The summed E-state index contributed by atoms with van der Waals surface area (Å²) in [5.74, 6) is 0.721. The van der Waals surface area contributed by atoms with Crippen molar-refractivity contribution in [3.63, 3.8) is 0 Å². The molecular weight excluding hydrogens is 238 g/mol. The number of rotatable bonds is 1. The summed E-state index contributed by atoms with van der Waals surface area (Å²) in [4.78, 5) is 0. The Morgan fingerprint density at radius 3 is 2.26 bits per heavy atom. The maximum Gasteiger partial charge on any atom is 0.183 e. The number of aromatic nitrogens is 4. The Kier molecular flexibility index (Phi) is 2.48. The molecule has 0 spiro atoms. The molecule has 2 heterocycles. The second kappa shape index (κ2) is 4.05. The number of hydrogen-bond donors (Lipinski definition) is 1. The predicted octanol–water partition coefficient (Wildman–Crippen LogP) is 2.32. The highest BCUT2D eigenvalue weighted by Gasteiger charge is 2.14. The Balaban J connectivity index is 2.37. The molecule has 19 heavy (non-hydrogen) atoms. The first-order valence-corrected chi connectivity index (χ1v) is 6.13. The van der Waals surface area contributed by atoms with E-state index in [2.05, 4.69) is 15.3 Å². The molecule has 0 aliphatic heterocycles. The molecular formula is C14H15N5. The van der Waals surface area contributed by atoms with E-state index in [-0.39, 0.29) is 0 Å². The van der Waals surface area contributed by atoms with Crippen molar-refractivity contribution in [2.24, 2.45) is 0 Å². The topological polar surface area (TPSA) is 69.6 Å². The Morgan fingerprint density at radius 1 is 0.947 bits per heavy atom. The average Bonchev–Trinajstić information content (AvgIpc) is 2.67. The molecule has 0 amide bonds. The molecule has 0 bridgehead atoms. The van der Waals surface area contributed by atoms with Crippen LogP contribution in [0.25, 0.3) is 16.6 Å². The highest BCUT2D eigenvalue weighted by molar-refractivity contribution is 5.89. The van der Waals surface area contributed by atoms with Gasteiger partial charge in [-0.05, 0) is 20.8 Å². The quantitative estimate of drug-likeness (QED) is 0.722. The van der Waals surface area contributed by atoms with E-state index in [1.165, 1.54) is 0 Å². The first-order chi connectivity index (χ1) is 9.09. The third-order valence-electron chi connectivity index (χ3n) is 3.40. The zero-order chi connectivity index (χ0) is 13.6. The zero-order valence-electron chi connectivity index (χ0n) is 11.2. The van der Waals surface area contributed by atoms with E-state index in [1.54, 1.807) is 4.68 Å². The van der Waals surface area contributed by atoms with Crippen LogP contribution in [0, 0.1) is 20.8 Å². The number of anilines is 1. The van der Waals surface area contributed by atoms with Crippen LogP contribution in [0.3, 0.4) is 0 Å². The van der Waals surface area contributed by atoms with Crippen LogP contribution in [0.1, 0.15) is 17.1 Å². The number of nitrogen functional groups attached to an aromatic ring is 1. The maximum absolute atomic E-state index is 5.98. The number of fused-ring (bicyclic) bond motifs is 1. The molecule has 1 aromatic carbocycles. The molecule has 0 aliphatic carbocycles. The molecule has 0 unspecified atom stereocenters. The van der Waals surface area contributed by atoms with Crippen LogP contribution < -0.4 is 5.73 Å². The fourth-order valence-corrected chi connectivity index (χ4v) is 2.24. The smallest absolute Gasteiger partial charge is 0.183 e. The molecule has 0 saturated carbocycles. The minimum Gasteiger partial charge on any atom is -0.396 e. The summed E-state index contributed by atoms with van der Waals surface area (Å²) in [6, 6.07) is 8.05. The van der Waals surface area contributed by atoms with E-state index in [0.717, 1.165) is 33.7 Å². The van der Waals surface area contributed by atoms with Crippen molar-refractivity contribution in [1.29, 1.82) is 0 Å². The van der Waals surface area contributed by atoms with Gasteiger partial charge in [-0.15, -0.1) is 5.10 Å². The molecule has 0 atom stereocenters. The lowest BCUT2D eigenvalue weighted by atomic mass is 10.1. The summed E-state index contributed by atoms with van der Waals surface area (Å²) in [6.45, 7) is 5.78. The second-order valence-electron chi connectivity index (χ2n) is 4.65. The van der Waals surface area contributed by atoms with Crippen molar-refractivity contribution in [3.8, 4) is 5.82 Å². The van der Waals surface area contributed by atoms with Gasteiger partial charge in [-0.3, -0.25) is 0 Å². The van der Waals surface area contributed by atoms with E-state index in [9.17, 15) is 0 Å². The molecule has 3 aromatic rings. The van der Waals surface area contributed by atoms with Gasteiger partial charge in [0.1, 0.15) is 0 Å². The zero-order valence-corrected chi connectivity index (χ0v) is 11.2. The van der Waals surface area contributed by atoms with Gasteiger partial charge in [0.2, 0.25) is 0 Å². The average molecular weight is 253 g/mol. The standard InChI is InChI=1S/C14H15N5/c1-8-11-6-4-5-7-12(11)14(17-16-8)19-10(3)13(15)9(2)18-19/h4-7H,15H2,1-3H3. The molecule has 5 heteroatoms. The van der Waals surface area contributed by atoms with Crippen LogP contribution in [0.4, 0.5) is 5.69 Å². The van der Waals surface area contributed by atoms with E-state index >= 15 is 0 Å². The fraction of sp³-hybridized carbons (Fsp3) is 0.214.